The van der Waals surface area contributed by atoms with Crippen LogP contribution in [-0.2, 0) is 0 Å². The quantitative estimate of drug-likeness (QED) is 0.861. The van der Waals surface area contributed by atoms with Gasteiger partial charge in [0.25, 0.3) is 0 Å². The van der Waals surface area contributed by atoms with Crippen molar-refractivity contribution < 1.29 is 5.11 Å². The molecule has 0 aliphatic carbocycles. The molecule has 0 spiro atoms. The smallest absolute Gasteiger partial charge is 0.102 e. The second-order valence-corrected chi connectivity index (χ2v) is 5.06. The normalized spacial score (nSPS) is 23.5. The van der Waals surface area contributed by atoms with Crippen LogP contribution in [0.25, 0.3) is 0 Å². The van der Waals surface area contributed by atoms with Gasteiger partial charge in [0.1, 0.15) is 6.10 Å². The largest absolute Gasteiger partial charge is 0.386 e. The van der Waals surface area contributed by atoms with Crippen molar-refractivity contribution in [2.75, 3.05) is 19.6 Å². The zero-order valence-electron chi connectivity index (χ0n) is 9.77. The number of nitrogens with zero attached hydrogens (tertiary/aromatic N) is 2. The molecule has 2 unspecified atom stereocenters. The van der Waals surface area contributed by atoms with Crippen LogP contribution in [0.15, 0.2) is 23.9 Å². The number of hydrogen-bond donors (Lipinski definition) is 2. The summed E-state index contributed by atoms with van der Waals surface area (Å²) in [7, 11) is 0. The van der Waals surface area contributed by atoms with Gasteiger partial charge in [0.2, 0.25) is 0 Å². The Labute approximate surface area is 106 Å². The highest BCUT2D eigenvalue weighted by Crippen LogP contribution is 2.25. The summed E-state index contributed by atoms with van der Waals surface area (Å²) in [6, 6.07) is 2.02. The van der Waals surface area contributed by atoms with Gasteiger partial charge in [0.05, 0.1) is 0 Å². The zero-order valence-corrected chi connectivity index (χ0v) is 10.5. The summed E-state index contributed by atoms with van der Waals surface area (Å²) in [6.07, 6.45) is 3.43. The predicted molar refractivity (Wildman–Crippen MR) is 68.0 cm³/mol. The molecule has 0 radical (unpaired) electrons. The summed E-state index contributed by atoms with van der Waals surface area (Å²) in [4.78, 5) is 2.23. The van der Waals surface area contributed by atoms with E-state index in [0.717, 1.165) is 25.9 Å². The summed E-state index contributed by atoms with van der Waals surface area (Å²) in [6.45, 7) is 6.06. The highest BCUT2D eigenvalue weighted by Gasteiger charge is 2.24. The van der Waals surface area contributed by atoms with Gasteiger partial charge in [-0.15, -0.1) is 0 Å². The molecule has 1 aromatic heterocycles. The fourth-order valence-electron chi connectivity index (χ4n) is 2.31. The Morgan fingerprint density at radius 2 is 2.59 bits per heavy atom. The molecule has 0 aromatic carbocycles. The minimum Gasteiger partial charge on any atom is -0.386 e. The van der Waals surface area contributed by atoms with Crippen molar-refractivity contribution in [3.8, 4) is 0 Å². The number of aliphatic hydroxyl groups is 1. The molecule has 94 valence electrons. The first kappa shape index (κ1) is 12.6. The van der Waals surface area contributed by atoms with Crippen LogP contribution in [0, 0.1) is 0 Å². The summed E-state index contributed by atoms with van der Waals surface area (Å²) in [5, 5.41) is 17.0. The van der Waals surface area contributed by atoms with Crippen molar-refractivity contribution in [2.24, 2.45) is 0 Å². The maximum absolute atomic E-state index is 9.70. The summed E-state index contributed by atoms with van der Waals surface area (Å²) >= 11 is 5.70. The van der Waals surface area contributed by atoms with E-state index in [0.29, 0.717) is 17.5 Å². The van der Waals surface area contributed by atoms with E-state index in [1.807, 2.05) is 6.07 Å². The predicted octanol–water partition coefficient (Wildman–Crippen LogP) is 1.70. The topological polar surface area (TPSA) is 52.1 Å². The Balaban J connectivity index is 1.91. The number of hydrogen-bond acceptors (Lipinski definition) is 3. The Hall–Kier alpha value is -0.840. The number of halogens is 1. The van der Waals surface area contributed by atoms with E-state index in [9.17, 15) is 5.11 Å². The summed E-state index contributed by atoms with van der Waals surface area (Å²) in [5.41, 5.74) is 1.17. The maximum atomic E-state index is 9.70. The minimum absolute atomic E-state index is 0.314. The van der Waals surface area contributed by atoms with Crippen molar-refractivity contribution in [3.05, 3.63) is 29.6 Å². The SMILES string of the molecule is C=C(Cl)C(O)CN1CCCC(c2ccn[nH]2)C1. The molecule has 4 nitrogen and oxygen atoms in total. The van der Waals surface area contributed by atoms with Gasteiger partial charge in [-0.3, -0.25) is 10.00 Å². The van der Waals surface area contributed by atoms with Crippen LogP contribution < -0.4 is 0 Å². The maximum Gasteiger partial charge on any atom is 0.102 e. The van der Waals surface area contributed by atoms with Gasteiger partial charge < -0.3 is 5.11 Å². The molecule has 1 aliphatic rings. The van der Waals surface area contributed by atoms with Gasteiger partial charge in [-0.25, -0.2) is 0 Å². The standard InChI is InChI=1S/C12H18ClN3O/c1-9(13)12(17)8-16-6-2-3-10(7-16)11-4-5-14-15-11/h4-5,10,12,17H,1-3,6-8H2,(H,14,15). The zero-order chi connectivity index (χ0) is 12.3. The number of likely N-dealkylation sites (tertiary alicyclic amines) is 1. The van der Waals surface area contributed by atoms with E-state index < -0.39 is 6.10 Å². The minimum atomic E-state index is -0.641. The van der Waals surface area contributed by atoms with Crippen LogP contribution in [-0.4, -0.2) is 45.9 Å². The van der Waals surface area contributed by atoms with Gasteiger partial charge in [-0.05, 0) is 25.5 Å². The first-order valence-electron chi connectivity index (χ1n) is 5.91. The van der Waals surface area contributed by atoms with Crippen molar-refractivity contribution in [3.63, 3.8) is 0 Å². The summed E-state index contributed by atoms with van der Waals surface area (Å²) in [5.74, 6) is 0.474. The molecular weight excluding hydrogens is 238 g/mol. The molecule has 2 atom stereocenters. The van der Waals surface area contributed by atoms with E-state index >= 15 is 0 Å². The van der Waals surface area contributed by atoms with Crippen LogP contribution in [0.2, 0.25) is 0 Å². The first-order valence-corrected chi connectivity index (χ1v) is 6.28. The molecule has 0 saturated carbocycles. The molecule has 0 amide bonds. The van der Waals surface area contributed by atoms with Gasteiger partial charge in [0.15, 0.2) is 0 Å². The number of H-pyrrole nitrogens is 1. The molecule has 17 heavy (non-hydrogen) atoms. The molecule has 1 fully saturated rings. The van der Waals surface area contributed by atoms with Crippen molar-refractivity contribution in [1.29, 1.82) is 0 Å². The molecule has 2 heterocycles. The van der Waals surface area contributed by atoms with Crippen LogP contribution in [0.1, 0.15) is 24.5 Å². The van der Waals surface area contributed by atoms with Crippen LogP contribution in [0.4, 0.5) is 0 Å². The van der Waals surface area contributed by atoms with Gasteiger partial charge in [0, 0.05) is 35.9 Å². The molecular formula is C12H18ClN3O. The van der Waals surface area contributed by atoms with Gasteiger partial charge in [-0.1, -0.05) is 18.2 Å². The summed E-state index contributed by atoms with van der Waals surface area (Å²) < 4.78 is 0. The molecule has 1 saturated heterocycles. The molecule has 2 rings (SSSR count). The molecule has 1 aromatic rings. The number of piperidine rings is 1. The highest BCUT2D eigenvalue weighted by atomic mass is 35.5. The van der Waals surface area contributed by atoms with E-state index in [1.165, 1.54) is 5.69 Å². The third kappa shape index (κ3) is 3.31. The van der Waals surface area contributed by atoms with Crippen LogP contribution >= 0.6 is 11.6 Å². The van der Waals surface area contributed by atoms with Gasteiger partial charge in [-0.2, -0.15) is 5.10 Å². The van der Waals surface area contributed by atoms with Crippen LogP contribution in [0.5, 0.6) is 0 Å². The van der Waals surface area contributed by atoms with Crippen molar-refractivity contribution >= 4 is 11.6 Å². The van der Waals surface area contributed by atoms with E-state index in [-0.39, 0.29) is 0 Å². The Morgan fingerprint density at radius 1 is 1.76 bits per heavy atom. The average Bonchev–Trinajstić information content (AvgIpc) is 2.82. The second-order valence-electron chi connectivity index (χ2n) is 4.57. The number of aromatic amines is 1. The second kappa shape index (κ2) is 5.67. The lowest BCUT2D eigenvalue weighted by Crippen LogP contribution is -2.39. The van der Waals surface area contributed by atoms with Crippen LogP contribution in [0.3, 0.4) is 0 Å². The third-order valence-electron chi connectivity index (χ3n) is 3.26. The fourth-order valence-corrected chi connectivity index (χ4v) is 2.38. The highest BCUT2D eigenvalue weighted by molar-refractivity contribution is 6.29. The number of aliphatic hydroxyl groups excluding tert-OH is 1. The third-order valence-corrected chi connectivity index (χ3v) is 3.51. The average molecular weight is 256 g/mol. The number of aromatic nitrogens is 2. The lowest BCUT2D eigenvalue weighted by molar-refractivity contribution is 0.121. The van der Waals surface area contributed by atoms with E-state index in [4.69, 9.17) is 11.6 Å². The molecule has 2 N–H and O–H groups in total. The molecule has 0 bridgehead atoms. The monoisotopic (exact) mass is 255 g/mol. The lowest BCUT2D eigenvalue weighted by atomic mass is 9.95. The number of nitrogens with one attached hydrogen (secondary N) is 1. The lowest BCUT2D eigenvalue weighted by Gasteiger charge is -2.33. The fraction of sp³-hybridized carbons (Fsp3) is 0.583. The molecule has 1 aliphatic heterocycles. The van der Waals surface area contributed by atoms with Gasteiger partial charge >= 0.3 is 0 Å². The first-order chi connectivity index (χ1) is 8.16. The Bertz CT molecular complexity index is 366. The molecule has 5 heteroatoms. The van der Waals surface area contributed by atoms with E-state index in [2.05, 4.69) is 21.7 Å². The van der Waals surface area contributed by atoms with E-state index in [1.54, 1.807) is 6.20 Å². The Morgan fingerprint density at radius 3 is 3.24 bits per heavy atom. The van der Waals surface area contributed by atoms with Crippen molar-refractivity contribution in [1.82, 2.24) is 15.1 Å². The number of β-amino-alcohol motifs (C(OH)–C–C–N with tert-alkyl or cyclic N) is 1. The number of rotatable bonds is 4. The van der Waals surface area contributed by atoms with Crippen molar-refractivity contribution in [2.45, 2.75) is 24.9 Å². The Kier molecular flexibility index (Phi) is 4.20.